The first-order chi connectivity index (χ1) is 12.2. The molecule has 2 aromatic rings. The summed E-state index contributed by atoms with van der Waals surface area (Å²) in [4.78, 5) is 34.0. The van der Waals surface area contributed by atoms with Crippen LogP contribution in [-0.2, 0) is 4.79 Å². The SMILES string of the molecule is Cc1c(C(=O)NC(CC(C)C)C(=O)O)nnn1-c1cccc([N+](=O)[O-])c1. The maximum absolute atomic E-state index is 12.4. The van der Waals surface area contributed by atoms with Gasteiger partial charge in [0.25, 0.3) is 11.6 Å². The molecule has 0 bridgehead atoms. The molecule has 1 atom stereocenters. The summed E-state index contributed by atoms with van der Waals surface area (Å²) in [6.07, 6.45) is 0.277. The molecule has 10 nitrogen and oxygen atoms in total. The van der Waals surface area contributed by atoms with Crippen LogP contribution in [0.15, 0.2) is 24.3 Å². The number of nitro benzene ring substituents is 1. The molecular formula is C16H19N5O5. The zero-order valence-corrected chi connectivity index (χ0v) is 14.5. The number of hydrogen-bond acceptors (Lipinski definition) is 6. The van der Waals surface area contributed by atoms with Crippen molar-refractivity contribution in [2.45, 2.75) is 33.2 Å². The number of nitrogens with one attached hydrogen (secondary N) is 1. The van der Waals surface area contributed by atoms with Crippen LogP contribution in [0.2, 0.25) is 0 Å². The smallest absolute Gasteiger partial charge is 0.326 e. The summed E-state index contributed by atoms with van der Waals surface area (Å²) in [6.45, 7) is 5.28. The van der Waals surface area contributed by atoms with E-state index in [-0.39, 0.29) is 23.7 Å². The van der Waals surface area contributed by atoms with Crippen molar-refractivity contribution >= 4 is 17.6 Å². The Hall–Kier alpha value is -3.30. The molecular weight excluding hydrogens is 342 g/mol. The lowest BCUT2D eigenvalue weighted by Gasteiger charge is -2.15. The number of benzene rings is 1. The van der Waals surface area contributed by atoms with Gasteiger partial charge in [-0.3, -0.25) is 14.9 Å². The van der Waals surface area contributed by atoms with Gasteiger partial charge in [-0.25, -0.2) is 9.48 Å². The molecule has 0 saturated carbocycles. The Bertz CT molecular complexity index is 845. The average molecular weight is 361 g/mol. The first-order valence-electron chi connectivity index (χ1n) is 7.91. The van der Waals surface area contributed by atoms with E-state index in [0.717, 1.165) is 0 Å². The van der Waals surface area contributed by atoms with Gasteiger partial charge in [-0.2, -0.15) is 0 Å². The minimum Gasteiger partial charge on any atom is -0.480 e. The minimum absolute atomic E-state index is 0.0356. The molecule has 0 fully saturated rings. The van der Waals surface area contributed by atoms with E-state index in [1.165, 1.54) is 22.9 Å². The molecule has 1 heterocycles. The van der Waals surface area contributed by atoms with Gasteiger partial charge < -0.3 is 10.4 Å². The molecule has 0 radical (unpaired) electrons. The number of non-ortho nitro benzene ring substituents is 1. The van der Waals surface area contributed by atoms with E-state index in [0.29, 0.717) is 11.4 Å². The Morgan fingerprint density at radius 1 is 1.38 bits per heavy atom. The first-order valence-corrected chi connectivity index (χ1v) is 7.91. The molecule has 1 aromatic carbocycles. The van der Waals surface area contributed by atoms with Crippen molar-refractivity contribution in [3.63, 3.8) is 0 Å². The molecule has 2 N–H and O–H groups in total. The van der Waals surface area contributed by atoms with Crippen LogP contribution in [0.4, 0.5) is 5.69 Å². The van der Waals surface area contributed by atoms with Crippen molar-refractivity contribution in [1.82, 2.24) is 20.3 Å². The van der Waals surface area contributed by atoms with Crippen LogP contribution in [0, 0.1) is 23.0 Å². The molecule has 138 valence electrons. The van der Waals surface area contributed by atoms with Crippen LogP contribution < -0.4 is 5.32 Å². The second-order valence-corrected chi connectivity index (χ2v) is 6.21. The number of nitro groups is 1. The van der Waals surface area contributed by atoms with E-state index in [1.54, 1.807) is 13.0 Å². The number of aliphatic carboxylic acids is 1. The average Bonchev–Trinajstić information content (AvgIpc) is 2.95. The Labute approximate surface area is 149 Å². The van der Waals surface area contributed by atoms with Gasteiger partial charge in [-0.05, 0) is 25.3 Å². The van der Waals surface area contributed by atoms with Gasteiger partial charge in [0.15, 0.2) is 5.69 Å². The lowest BCUT2D eigenvalue weighted by atomic mass is 10.0. The van der Waals surface area contributed by atoms with Crippen molar-refractivity contribution in [3.05, 3.63) is 45.8 Å². The topological polar surface area (TPSA) is 140 Å². The molecule has 10 heteroatoms. The summed E-state index contributed by atoms with van der Waals surface area (Å²) in [5, 5.41) is 30.2. The molecule has 0 aliphatic heterocycles. The molecule has 0 aliphatic rings. The zero-order valence-electron chi connectivity index (χ0n) is 14.5. The summed E-state index contributed by atoms with van der Waals surface area (Å²) in [5.74, 6) is -1.71. The van der Waals surface area contributed by atoms with Crippen molar-refractivity contribution < 1.29 is 19.6 Å². The summed E-state index contributed by atoms with van der Waals surface area (Å²) in [6, 6.07) is 4.70. The highest BCUT2D eigenvalue weighted by Crippen LogP contribution is 2.18. The van der Waals surface area contributed by atoms with Crippen LogP contribution in [0.3, 0.4) is 0 Å². The molecule has 1 amide bonds. The van der Waals surface area contributed by atoms with E-state index in [1.807, 2.05) is 13.8 Å². The molecule has 0 aliphatic carbocycles. The van der Waals surface area contributed by atoms with Crippen LogP contribution in [0.5, 0.6) is 0 Å². The third kappa shape index (κ3) is 4.21. The predicted molar refractivity (Wildman–Crippen MR) is 91.1 cm³/mol. The van der Waals surface area contributed by atoms with Gasteiger partial charge in [0.1, 0.15) is 6.04 Å². The summed E-state index contributed by atoms with van der Waals surface area (Å²) in [7, 11) is 0. The van der Waals surface area contributed by atoms with Gasteiger partial charge in [-0.1, -0.05) is 25.1 Å². The molecule has 26 heavy (non-hydrogen) atoms. The second-order valence-electron chi connectivity index (χ2n) is 6.21. The zero-order chi connectivity index (χ0) is 19.4. The number of amides is 1. The normalized spacial score (nSPS) is 12.0. The van der Waals surface area contributed by atoms with Crippen molar-refractivity contribution in [1.29, 1.82) is 0 Å². The molecule has 1 unspecified atom stereocenters. The number of hydrogen-bond donors (Lipinski definition) is 2. The van der Waals surface area contributed by atoms with Gasteiger partial charge in [0.05, 0.1) is 16.3 Å². The Balaban J connectivity index is 2.28. The van der Waals surface area contributed by atoms with Gasteiger partial charge in [0, 0.05) is 12.1 Å². The standard InChI is InChI=1S/C16H19N5O5/c1-9(2)7-13(16(23)24)17-15(22)14-10(3)20(19-18-14)11-5-4-6-12(8-11)21(25)26/h4-6,8-9,13H,7H2,1-3H3,(H,17,22)(H,23,24). The summed E-state index contributed by atoms with van der Waals surface area (Å²) < 4.78 is 1.29. The second kappa shape index (κ2) is 7.72. The molecule has 0 saturated heterocycles. The quantitative estimate of drug-likeness (QED) is 0.565. The van der Waals surface area contributed by atoms with Crippen LogP contribution in [0.25, 0.3) is 5.69 Å². The van der Waals surface area contributed by atoms with Gasteiger partial charge in [-0.15, -0.1) is 5.10 Å². The highest BCUT2D eigenvalue weighted by atomic mass is 16.6. The number of nitrogens with zero attached hydrogens (tertiary/aromatic N) is 4. The third-order valence-corrected chi connectivity index (χ3v) is 3.71. The van der Waals surface area contributed by atoms with Gasteiger partial charge in [0.2, 0.25) is 0 Å². The van der Waals surface area contributed by atoms with Crippen molar-refractivity contribution in [2.24, 2.45) is 5.92 Å². The number of carbonyl (C=O) groups excluding carboxylic acids is 1. The first kappa shape index (κ1) is 19.0. The minimum atomic E-state index is -1.13. The number of carbonyl (C=O) groups is 2. The van der Waals surface area contributed by atoms with Crippen molar-refractivity contribution in [3.8, 4) is 5.69 Å². The van der Waals surface area contributed by atoms with Gasteiger partial charge >= 0.3 is 5.97 Å². The van der Waals surface area contributed by atoms with E-state index < -0.39 is 22.8 Å². The van der Waals surface area contributed by atoms with Crippen LogP contribution in [0.1, 0.15) is 36.5 Å². The van der Waals surface area contributed by atoms with Crippen LogP contribution in [-0.4, -0.2) is 42.9 Å². The molecule has 2 rings (SSSR count). The van der Waals surface area contributed by atoms with E-state index >= 15 is 0 Å². The highest BCUT2D eigenvalue weighted by molar-refractivity contribution is 5.95. The maximum atomic E-state index is 12.4. The fourth-order valence-electron chi connectivity index (χ4n) is 2.44. The maximum Gasteiger partial charge on any atom is 0.326 e. The number of rotatable bonds is 7. The van der Waals surface area contributed by atoms with Crippen molar-refractivity contribution in [2.75, 3.05) is 0 Å². The summed E-state index contributed by atoms with van der Waals surface area (Å²) in [5.41, 5.74) is 0.565. The number of carboxylic acids is 1. The highest BCUT2D eigenvalue weighted by Gasteiger charge is 2.25. The van der Waals surface area contributed by atoms with E-state index in [9.17, 15) is 24.8 Å². The fourth-order valence-corrected chi connectivity index (χ4v) is 2.44. The lowest BCUT2D eigenvalue weighted by molar-refractivity contribution is -0.384. The Morgan fingerprint density at radius 2 is 2.08 bits per heavy atom. The largest absolute Gasteiger partial charge is 0.480 e. The monoisotopic (exact) mass is 361 g/mol. The van der Waals surface area contributed by atoms with E-state index in [4.69, 9.17) is 0 Å². The molecule has 0 spiro atoms. The molecule has 1 aromatic heterocycles. The fraction of sp³-hybridized carbons (Fsp3) is 0.375. The van der Waals surface area contributed by atoms with Crippen LogP contribution >= 0.6 is 0 Å². The predicted octanol–water partition coefficient (Wildman–Crippen LogP) is 1.71. The van der Waals surface area contributed by atoms with E-state index in [2.05, 4.69) is 15.6 Å². The number of aromatic nitrogens is 3. The Kier molecular flexibility index (Phi) is 5.65. The summed E-state index contributed by atoms with van der Waals surface area (Å²) >= 11 is 0. The third-order valence-electron chi connectivity index (χ3n) is 3.71. The Morgan fingerprint density at radius 3 is 2.65 bits per heavy atom. The number of carboxylic acid groups (broad SMARTS) is 1. The lowest BCUT2D eigenvalue weighted by Crippen LogP contribution is -2.42.